The highest BCUT2D eigenvalue weighted by molar-refractivity contribution is 5.78. The van der Waals surface area contributed by atoms with Crippen LogP contribution in [0.5, 0.6) is 5.75 Å². The summed E-state index contributed by atoms with van der Waals surface area (Å²) in [4.78, 5) is 4.36. The van der Waals surface area contributed by atoms with Gasteiger partial charge in [-0.25, -0.2) is 4.98 Å². The van der Waals surface area contributed by atoms with Gasteiger partial charge in [-0.2, -0.15) is 0 Å². The molecule has 3 rings (SSSR count). The SMILES string of the molecule is COc1ccc(Cn2c(N)nc3ccccc32)cc1. The zero-order valence-electron chi connectivity index (χ0n) is 10.7. The zero-order chi connectivity index (χ0) is 13.2. The number of ether oxygens (including phenoxy) is 1. The quantitative estimate of drug-likeness (QED) is 0.780. The van der Waals surface area contributed by atoms with Crippen molar-refractivity contribution in [2.75, 3.05) is 12.8 Å². The van der Waals surface area contributed by atoms with E-state index in [1.807, 2.05) is 53.1 Å². The maximum atomic E-state index is 5.98. The van der Waals surface area contributed by atoms with Crippen LogP contribution in [0.25, 0.3) is 11.0 Å². The van der Waals surface area contributed by atoms with Crippen LogP contribution in [0.4, 0.5) is 5.95 Å². The molecule has 4 heteroatoms. The average molecular weight is 253 g/mol. The summed E-state index contributed by atoms with van der Waals surface area (Å²) < 4.78 is 7.17. The van der Waals surface area contributed by atoms with Gasteiger partial charge in [0.15, 0.2) is 0 Å². The molecule has 0 saturated heterocycles. The Kier molecular flexibility index (Phi) is 2.83. The number of benzene rings is 2. The minimum absolute atomic E-state index is 0.539. The molecule has 0 bridgehead atoms. The van der Waals surface area contributed by atoms with E-state index in [1.165, 1.54) is 0 Å². The second-order valence-corrected chi connectivity index (χ2v) is 4.39. The van der Waals surface area contributed by atoms with Gasteiger partial charge >= 0.3 is 0 Å². The number of anilines is 1. The van der Waals surface area contributed by atoms with Crippen LogP contribution < -0.4 is 10.5 Å². The van der Waals surface area contributed by atoms with E-state index in [0.29, 0.717) is 12.5 Å². The smallest absolute Gasteiger partial charge is 0.201 e. The zero-order valence-corrected chi connectivity index (χ0v) is 10.7. The third kappa shape index (κ3) is 2.12. The Morgan fingerprint density at radius 3 is 2.58 bits per heavy atom. The topological polar surface area (TPSA) is 53.1 Å². The second-order valence-electron chi connectivity index (χ2n) is 4.39. The van der Waals surface area contributed by atoms with Crippen LogP contribution >= 0.6 is 0 Å². The van der Waals surface area contributed by atoms with Crippen LogP contribution in [-0.2, 0) is 6.54 Å². The number of fused-ring (bicyclic) bond motifs is 1. The lowest BCUT2D eigenvalue weighted by atomic mass is 10.2. The van der Waals surface area contributed by atoms with Crippen LogP contribution in [0.3, 0.4) is 0 Å². The van der Waals surface area contributed by atoms with E-state index in [4.69, 9.17) is 10.5 Å². The lowest BCUT2D eigenvalue weighted by Gasteiger charge is -2.07. The number of methoxy groups -OCH3 is 1. The maximum absolute atomic E-state index is 5.98. The van der Waals surface area contributed by atoms with Crippen molar-refractivity contribution in [2.24, 2.45) is 0 Å². The number of nitrogen functional groups attached to an aromatic ring is 1. The Labute approximate surface area is 111 Å². The number of hydrogen-bond acceptors (Lipinski definition) is 3. The molecular weight excluding hydrogens is 238 g/mol. The van der Waals surface area contributed by atoms with Crippen LogP contribution in [0.1, 0.15) is 5.56 Å². The summed E-state index contributed by atoms with van der Waals surface area (Å²) in [6.45, 7) is 0.705. The van der Waals surface area contributed by atoms with E-state index in [1.54, 1.807) is 7.11 Å². The van der Waals surface area contributed by atoms with E-state index >= 15 is 0 Å². The molecule has 1 heterocycles. The average Bonchev–Trinajstić information content (AvgIpc) is 2.76. The van der Waals surface area contributed by atoms with Crippen molar-refractivity contribution < 1.29 is 4.74 Å². The van der Waals surface area contributed by atoms with E-state index in [-0.39, 0.29) is 0 Å². The monoisotopic (exact) mass is 253 g/mol. The predicted molar refractivity (Wildman–Crippen MR) is 76.2 cm³/mol. The molecule has 0 radical (unpaired) electrons. The largest absolute Gasteiger partial charge is 0.497 e. The number of hydrogen-bond donors (Lipinski definition) is 1. The van der Waals surface area contributed by atoms with Gasteiger partial charge in [0.05, 0.1) is 24.7 Å². The highest BCUT2D eigenvalue weighted by atomic mass is 16.5. The number of rotatable bonds is 3. The lowest BCUT2D eigenvalue weighted by molar-refractivity contribution is 0.414. The summed E-state index contributed by atoms with van der Waals surface area (Å²) in [5, 5.41) is 0. The standard InChI is InChI=1S/C15H15N3O/c1-19-12-8-6-11(7-9-12)10-18-14-5-3-2-4-13(14)17-15(18)16/h2-9H,10H2,1H3,(H2,16,17). The molecule has 0 aliphatic heterocycles. The second kappa shape index (κ2) is 4.65. The van der Waals surface area contributed by atoms with Gasteiger partial charge in [-0.3, -0.25) is 0 Å². The van der Waals surface area contributed by atoms with E-state index in [9.17, 15) is 0 Å². The van der Waals surface area contributed by atoms with Crippen molar-refractivity contribution in [1.29, 1.82) is 0 Å². The summed E-state index contributed by atoms with van der Waals surface area (Å²) in [6, 6.07) is 15.9. The van der Waals surface area contributed by atoms with Crippen LogP contribution in [0.15, 0.2) is 48.5 Å². The summed E-state index contributed by atoms with van der Waals surface area (Å²) in [7, 11) is 1.66. The van der Waals surface area contributed by atoms with Crippen molar-refractivity contribution in [2.45, 2.75) is 6.54 Å². The number of nitrogens with zero attached hydrogens (tertiary/aromatic N) is 2. The van der Waals surface area contributed by atoms with Gasteiger partial charge in [-0.1, -0.05) is 24.3 Å². The Bertz CT molecular complexity index is 701. The van der Waals surface area contributed by atoms with Gasteiger partial charge in [0.2, 0.25) is 5.95 Å². The molecule has 0 amide bonds. The summed E-state index contributed by atoms with van der Waals surface area (Å²) in [6.07, 6.45) is 0. The number of nitrogens with two attached hydrogens (primary N) is 1. The number of para-hydroxylation sites is 2. The van der Waals surface area contributed by atoms with Crippen molar-refractivity contribution in [3.63, 3.8) is 0 Å². The summed E-state index contributed by atoms with van der Waals surface area (Å²) in [5.41, 5.74) is 9.12. The molecule has 4 nitrogen and oxygen atoms in total. The highest BCUT2D eigenvalue weighted by Gasteiger charge is 2.07. The third-order valence-electron chi connectivity index (χ3n) is 3.18. The van der Waals surface area contributed by atoms with Crippen molar-refractivity contribution in [3.05, 3.63) is 54.1 Å². The van der Waals surface area contributed by atoms with E-state index in [0.717, 1.165) is 22.3 Å². The molecule has 0 atom stereocenters. The van der Waals surface area contributed by atoms with Crippen LogP contribution in [-0.4, -0.2) is 16.7 Å². The van der Waals surface area contributed by atoms with Gasteiger partial charge in [0.1, 0.15) is 5.75 Å². The van der Waals surface area contributed by atoms with Crippen LogP contribution in [0.2, 0.25) is 0 Å². The molecule has 2 N–H and O–H groups in total. The van der Waals surface area contributed by atoms with Crippen LogP contribution in [0, 0.1) is 0 Å². The molecule has 0 aliphatic carbocycles. The summed E-state index contributed by atoms with van der Waals surface area (Å²) >= 11 is 0. The molecule has 3 aromatic rings. The molecule has 96 valence electrons. The van der Waals surface area contributed by atoms with Gasteiger partial charge in [-0.15, -0.1) is 0 Å². The molecule has 1 aromatic heterocycles. The fraction of sp³-hybridized carbons (Fsp3) is 0.133. The van der Waals surface area contributed by atoms with Gasteiger partial charge < -0.3 is 15.0 Å². The Balaban J connectivity index is 1.98. The molecule has 0 aliphatic rings. The number of aromatic nitrogens is 2. The normalized spacial score (nSPS) is 10.8. The first-order chi connectivity index (χ1) is 9.28. The molecule has 0 saturated carbocycles. The Hall–Kier alpha value is -2.49. The fourth-order valence-corrected chi connectivity index (χ4v) is 2.17. The maximum Gasteiger partial charge on any atom is 0.201 e. The van der Waals surface area contributed by atoms with E-state index in [2.05, 4.69) is 4.98 Å². The molecule has 0 spiro atoms. The molecule has 19 heavy (non-hydrogen) atoms. The molecule has 2 aromatic carbocycles. The molecule has 0 fully saturated rings. The first-order valence-electron chi connectivity index (χ1n) is 6.11. The Morgan fingerprint density at radius 2 is 1.84 bits per heavy atom. The summed E-state index contributed by atoms with van der Waals surface area (Å²) in [5.74, 6) is 1.39. The Morgan fingerprint density at radius 1 is 1.11 bits per heavy atom. The third-order valence-corrected chi connectivity index (χ3v) is 3.18. The predicted octanol–water partition coefficient (Wildman–Crippen LogP) is 2.68. The van der Waals surface area contributed by atoms with Gasteiger partial charge in [0.25, 0.3) is 0 Å². The van der Waals surface area contributed by atoms with Crippen molar-refractivity contribution in [3.8, 4) is 5.75 Å². The lowest BCUT2D eigenvalue weighted by Crippen LogP contribution is -2.04. The number of imidazole rings is 1. The highest BCUT2D eigenvalue weighted by Crippen LogP contribution is 2.20. The van der Waals surface area contributed by atoms with Gasteiger partial charge in [0, 0.05) is 0 Å². The molecular formula is C15H15N3O. The minimum atomic E-state index is 0.539. The molecule has 0 unspecified atom stereocenters. The van der Waals surface area contributed by atoms with Gasteiger partial charge in [-0.05, 0) is 29.8 Å². The first kappa shape index (κ1) is 11.6. The minimum Gasteiger partial charge on any atom is -0.497 e. The fourth-order valence-electron chi connectivity index (χ4n) is 2.17. The van der Waals surface area contributed by atoms with E-state index < -0.39 is 0 Å². The first-order valence-corrected chi connectivity index (χ1v) is 6.11. The van der Waals surface area contributed by atoms with Crippen molar-refractivity contribution >= 4 is 17.0 Å². The van der Waals surface area contributed by atoms with Crippen molar-refractivity contribution in [1.82, 2.24) is 9.55 Å².